The fourth-order valence-corrected chi connectivity index (χ4v) is 2.24. The van der Waals surface area contributed by atoms with Gasteiger partial charge in [0.1, 0.15) is 17.2 Å². The first-order valence-electron chi connectivity index (χ1n) is 6.95. The number of rotatable bonds is 4. The highest BCUT2D eigenvalue weighted by molar-refractivity contribution is 5.89. The zero-order valence-electron chi connectivity index (χ0n) is 12.7. The van der Waals surface area contributed by atoms with Gasteiger partial charge in [0.05, 0.1) is 14.2 Å². The van der Waals surface area contributed by atoms with Gasteiger partial charge in [0.25, 0.3) is 0 Å². The summed E-state index contributed by atoms with van der Waals surface area (Å²) in [5, 5.41) is 9.42. The fraction of sp³-hybridized carbons (Fsp3) is 0.111. The zero-order valence-corrected chi connectivity index (χ0v) is 12.7. The summed E-state index contributed by atoms with van der Waals surface area (Å²) in [7, 11) is 3.14. The monoisotopic (exact) mass is 306 g/mol. The quantitative estimate of drug-likeness (QED) is 0.684. The smallest absolute Gasteiger partial charge is 0.238 e. The van der Waals surface area contributed by atoms with Crippen LogP contribution >= 0.6 is 0 Å². The number of hydrogen-bond donors (Lipinski definition) is 0. The molecule has 0 radical (unpaired) electrons. The van der Waals surface area contributed by atoms with Gasteiger partial charge in [-0.25, -0.2) is 4.98 Å². The highest BCUT2D eigenvalue weighted by Gasteiger charge is 2.11. The lowest BCUT2D eigenvalue weighted by Crippen LogP contribution is -1.91. The maximum Gasteiger partial charge on any atom is 0.238 e. The minimum Gasteiger partial charge on any atom is -0.493 e. The Balaban J connectivity index is 2.03. The third kappa shape index (κ3) is 2.87. The topological polar surface area (TPSA) is 68.3 Å². The fourth-order valence-electron chi connectivity index (χ4n) is 2.24. The van der Waals surface area contributed by atoms with Crippen LogP contribution in [0.4, 0.5) is 0 Å². The van der Waals surface area contributed by atoms with Crippen molar-refractivity contribution in [2.24, 2.45) is 0 Å². The summed E-state index contributed by atoms with van der Waals surface area (Å²) in [6.07, 6.45) is 1.70. The second kappa shape index (κ2) is 6.24. The van der Waals surface area contributed by atoms with Crippen molar-refractivity contribution in [3.8, 4) is 17.6 Å². The largest absolute Gasteiger partial charge is 0.493 e. The molecular formula is C18H14N2O3. The second-order valence-corrected chi connectivity index (χ2v) is 4.77. The molecular weight excluding hydrogens is 292 g/mol. The van der Waals surface area contributed by atoms with Crippen molar-refractivity contribution in [3.63, 3.8) is 0 Å². The molecule has 23 heavy (non-hydrogen) atoms. The maximum absolute atomic E-state index is 9.42. The summed E-state index contributed by atoms with van der Waals surface area (Å²) in [6.45, 7) is 0. The number of allylic oxidation sites excluding steroid dienone is 1. The number of para-hydroxylation sites is 2. The van der Waals surface area contributed by atoms with E-state index in [-0.39, 0.29) is 0 Å². The Morgan fingerprint density at radius 1 is 1.13 bits per heavy atom. The lowest BCUT2D eigenvalue weighted by molar-refractivity contribution is 0.355. The molecule has 5 heteroatoms. The molecule has 0 saturated heterocycles. The number of ether oxygens (including phenoxy) is 2. The molecule has 0 atom stereocenters. The van der Waals surface area contributed by atoms with Crippen LogP contribution in [0.25, 0.3) is 22.7 Å². The molecule has 0 bridgehead atoms. The predicted octanol–water partition coefficient (Wildman–Crippen LogP) is 3.91. The van der Waals surface area contributed by atoms with Gasteiger partial charge in [-0.15, -0.1) is 0 Å². The highest BCUT2D eigenvalue weighted by Crippen LogP contribution is 2.29. The first-order valence-corrected chi connectivity index (χ1v) is 6.95. The van der Waals surface area contributed by atoms with E-state index < -0.39 is 0 Å². The molecule has 1 aromatic heterocycles. The van der Waals surface area contributed by atoms with Crippen molar-refractivity contribution in [3.05, 3.63) is 53.9 Å². The normalized spacial score (nSPS) is 11.3. The standard InChI is InChI=1S/C18H14N2O3/c1-21-16-8-7-12(10-17(16)22-2)9-13(11-19)18-20-14-5-3-4-6-15(14)23-18/h3-10H,1-2H3/b13-9-. The van der Waals surface area contributed by atoms with Crippen molar-refractivity contribution in [2.75, 3.05) is 14.2 Å². The van der Waals surface area contributed by atoms with E-state index in [1.54, 1.807) is 32.4 Å². The Kier molecular flexibility index (Phi) is 3.98. The van der Waals surface area contributed by atoms with Gasteiger partial charge >= 0.3 is 0 Å². The number of nitriles is 1. The minimum atomic E-state index is 0.295. The van der Waals surface area contributed by atoms with Crippen molar-refractivity contribution in [1.82, 2.24) is 4.98 Å². The van der Waals surface area contributed by atoms with Crippen molar-refractivity contribution >= 4 is 22.7 Å². The van der Waals surface area contributed by atoms with Crippen molar-refractivity contribution in [2.45, 2.75) is 0 Å². The van der Waals surface area contributed by atoms with E-state index >= 15 is 0 Å². The van der Waals surface area contributed by atoms with E-state index in [0.717, 1.165) is 11.1 Å². The lowest BCUT2D eigenvalue weighted by atomic mass is 10.1. The Hall–Kier alpha value is -3.26. The zero-order chi connectivity index (χ0) is 16.2. The molecule has 114 valence electrons. The van der Waals surface area contributed by atoms with E-state index in [9.17, 15) is 5.26 Å². The molecule has 0 amide bonds. The minimum absolute atomic E-state index is 0.295. The third-order valence-corrected chi connectivity index (χ3v) is 3.36. The van der Waals surface area contributed by atoms with E-state index in [2.05, 4.69) is 11.1 Å². The number of nitrogens with zero attached hydrogens (tertiary/aromatic N) is 2. The molecule has 0 N–H and O–H groups in total. The number of aromatic nitrogens is 1. The second-order valence-electron chi connectivity index (χ2n) is 4.77. The van der Waals surface area contributed by atoms with Gasteiger partial charge in [-0.05, 0) is 35.9 Å². The number of oxazole rings is 1. The molecule has 1 heterocycles. The molecule has 3 aromatic rings. The summed E-state index contributed by atoms with van der Waals surface area (Å²) < 4.78 is 16.1. The Bertz CT molecular complexity index is 886. The SMILES string of the molecule is COc1ccc(/C=C(/C#N)c2nc3ccccc3o2)cc1OC. The predicted molar refractivity (Wildman–Crippen MR) is 87.0 cm³/mol. The highest BCUT2D eigenvalue weighted by atomic mass is 16.5. The molecule has 2 aromatic carbocycles. The van der Waals surface area contributed by atoms with Gasteiger partial charge in [-0.2, -0.15) is 5.26 Å². The molecule has 0 unspecified atom stereocenters. The van der Waals surface area contributed by atoms with Crippen molar-refractivity contribution < 1.29 is 13.9 Å². The number of hydrogen-bond acceptors (Lipinski definition) is 5. The molecule has 0 aliphatic heterocycles. The Morgan fingerprint density at radius 2 is 1.91 bits per heavy atom. The van der Waals surface area contributed by atoms with Crippen LogP contribution < -0.4 is 9.47 Å². The molecule has 0 spiro atoms. The first kappa shape index (κ1) is 14.7. The van der Waals surface area contributed by atoms with Gasteiger partial charge < -0.3 is 13.9 Å². The maximum atomic E-state index is 9.42. The summed E-state index contributed by atoms with van der Waals surface area (Å²) in [5.74, 6) is 1.52. The molecule has 5 nitrogen and oxygen atoms in total. The summed E-state index contributed by atoms with van der Waals surface area (Å²) >= 11 is 0. The van der Waals surface area contributed by atoms with E-state index in [4.69, 9.17) is 13.9 Å². The van der Waals surface area contributed by atoms with Gasteiger partial charge in [0.15, 0.2) is 17.1 Å². The first-order chi connectivity index (χ1) is 11.2. The number of benzene rings is 2. The average Bonchev–Trinajstić information content (AvgIpc) is 3.03. The van der Waals surface area contributed by atoms with Crippen LogP contribution in [-0.2, 0) is 0 Å². The van der Waals surface area contributed by atoms with Gasteiger partial charge in [-0.1, -0.05) is 18.2 Å². The summed E-state index contributed by atoms with van der Waals surface area (Å²) in [4.78, 5) is 4.34. The molecule has 0 fully saturated rings. The van der Waals surface area contributed by atoms with Gasteiger partial charge in [-0.3, -0.25) is 0 Å². The molecule has 0 saturated carbocycles. The van der Waals surface area contributed by atoms with Crippen LogP contribution in [0.3, 0.4) is 0 Å². The van der Waals surface area contributed by atoms with Crippen LogP contribution in [0.1, 0.15) is 11.5 Å². The molecule has 3 rings (SSSR count). The summed E-state index contributed by atoms with van der Waals surface area (Å²) in [6, 6.07) is 14.9. The molecule has 0 aliphatic carbocycles. The van der Waals surface area contributed by atoms with E-state index in [1.165, 1.54) is 0 Å². The van der Waals surface area contributed by atoms with Crippen LogP contribution in [0, 0.1) is 11.3 Å². The van der Waals surface area contributed by atoms with Gasteiger partial charge in [0.2, 0.25) is 5.89 Å². The number of fused-ring (bicyclic) bond motifs is 1. The summed E-state index contributed by atoms with van der Waals surface area (Å²) in [5.41, 5.74) is 2.50. The average molecular weight is 306 g/mol. The Morgan fingerprint density at radius 3 is 2.61 bits per heavy atom. The van der Waals surface area contributed by atoms with E-state index in [1.807, 2.05) is 30.3 Å². The van der Waals surface area contributed by atoms with E-state index in [0.29, 0.717) is 28.5 Å². The lowest BCUT2D eigenvalue weighted by Gasteiger charge is -2.07. The van der Waals surface area contributed by atoms with Gasteiger partial charge in [0, 0.05) is 0 Å². The van der Waals surface area contributed by atoms with Crippen LogP contribution in [-0.4, -0.2) is 19.2 Å². The van der Waals surface area contributed by atoms with Crippen LogP contribution in [0.5, 0.6) is 11.5 Å². The van der Waals surface area contributed by atoms with Crippen molar-refractivity contribution in [1.29, 1.82) is 5.26 Å². The third-order valence-electron chi connectivity index (χ3n) is 3.36. The number of methoxy groups -OCH3 is 2. The molecule has 0 aliphatic rings. The van der Waals surface area contributed by atoms with Crippen LogP contribution in [0.2, 0.25) is 0 Å². The Labute approximate surface area is 133 Å². The van der Waals surface area contributed by atoms with Crippen LogP contribution in [0.15, 0.2) is 46.9 Å².